The molecule has 1 aliphatic heterocycles. The van der Waals surface area contributed by atoms with E-state index < -0.39 is 0 Å². The molecular weight excluding hydrogens is 312 g/mol. The van der Waals surface area contributed by atoms with Crippen LogP contribution in [0.2, 0.25) is 0 Å². The van der Waals surface area contributed by atoms with Crippen molar-refractivity contribution in [3.8, 4) is 10.6 Å². The normalized spacial score (nSPS) is 15.6. The van der Waals surface area contributed by atoms with E-state index in [1.54, 1.807) is 17.3 Å². The van der Waals surface area contributed by atoms with Gasteiger partial charge >= 0.3 is 0 Å². The molecule has 0 unspecified atom stereocenters. The van der Waals surface area contributed by atoms with Crippen molar-refractivity contribution in [2.45, 2.75) is 19.8 Å². The van der Waals surface area contributed by atoms with Crippen LogP contribution in [-0.2, 0) is 4.79 Å². The highest BCUT2D eigenvalue weighted by molar-refractivity contribution is 7.17. The van der Waals surface area contributed by atoms with Crippen molar-refractivity contribution < 1.29 is 9.59 Å². The SMILES string of the molecule is Cc1nc(-c2cccnc2)sc1C(=O)N1CCC(C(N)=O)CC1. The standard InChI is InChI=1S/C16H18N4O2S/c1-10-13(23-15(19-10)12-3-2-6-18-9-12)16(22)20-7-4-11(5-8-20)14(17)21/h2-3,6,9,11H,4-5,7-8H2,1H3,(H2,17,21). The summed E-state index contributed by atoms with van der Waals surface area (Å²) in [6.45, 7) is 2.97. The molecule has 120 valence electrons. The van der Waals surface area contributed by atoms with Crippen LogP contribution in [0.4, 0.5) is 0 Å². The van der Waals surface area contributed by atoms with Crippen LogP contribution in [-0.4, -0.2) is 39.8 Å². The van der Waals surface area contributed by atoms with Crippen LogP contribution < -0.4 is 5.73 Å². The number of rotatable bonds is 3. The topological polar surface area (TPSA) is 89.2 Å². The Hall–Kier alpha value is -2.28. The van der Waals surface area contributed by atoms with E-state index in [9.17, 15) is 9.59 Å². The number of thiazole rings is 1. The zero-order valence-corrected chi connectivity index (χ0v) is 13.7. The van der Waals surface area contributed by atoms with Gasteiger partial charge in [0, 0.05) is 37.0 Å². The Morgan fingerprint density at radius 3 is 2.70 bits per heavy atom. The summed E-state index contributed by atoms with van der Waals surface area (Å²) in [7, 11) is 0. The number of aryl methyl sites for hydroxylation is 1. The van der Waals surface area contributed by atoms with E-state index in [-0.39, 0.29) is 17.7 Å². The van der Waals surface area contributed by atoms with Gasteiger partial charge in [0.05, 0.1) is 5.69 Å². The molecule has 2 amide bonds. The molecule has 2 N–H and O–H groups in total. The third-order valence-corrected chi connectivity index (χ3v) is 5.28. The lowest BCUT2D eigenvalue weighted by atomic mass is 9.96. The van der Waals surface area contributed by atoms with Gasteiger partial charge < -0.3 is 10.6 Å². The number of carbonyl (C=O) groups is 2. The number of piperidine rings is 1. The van der Waals surface area contributed by atoms with Crippen LogP contribution in [0.3, 0.4) is 0 Å². The summed E-state index contributed by atoms with van der Waals surface area (Å²) in [5.74, 6) is -0.407. The van der Waals surface area contributed by atoms with Gasteiger partial charge in [0.2, 0.25) is 5.91 Å². The van der Waals surface area contributed by atoms with Gasteiger partial charge in [-0.2, -0.15) is 0 Å². The average molecular weight is 330 g/mol. The molecule has 6 nitrogen and oxygen atoms in total. The Balaban J connectivity index is 1.76. The maximum Gasteiger partial charge on any atom is 0.265 e. The van der Waals surface area contributed by atoms with Crippen LogP contribution in [0.25, 0.3) is 10.6 Å². The minimum Gasteiger partial charge on any atom is -0.369 e. The molecule has 0 spiro atoms. The van der Waals surface area contributed by atoms with Gasteiger partial charge in [-0.1, -0.05) is 0 Å². The number of hydrogen-bond donors (Lipinski definition) is 1. The second kappa shape index (κ2) is 6.45. The number of hydrogen-bond acceptors (Lipinski definition) is 5. The minimum atomic E-state index is -0.273. The van der Waals surface area contributed by atoms with Crippen molar-refractivity contribution in [3.63, 3.8) is 0 Å². The van der Waals surface area contributed by atoms with E-state index in [4.69, 9.17) is 5.73 Å². The fraction of sp³-hybridized carbons (Fsp3) is 0.375. The van der Waals surface area contributed by atoms with Gasteiger partial charge in [-0.15, -0.1) is 11.3 Å². The summed E-state index contributed by atoms with van der Waals surface area (Å²) >= 11 is 1.39. The highest BCUT2D eigenvalue weighted by Gasteiger charge is 2.28. The van der Waals surface area contributed by atoms with Gasteiger partial charge in [-0.3, -0.25) is 14.6 Å². The number of pyridine rings is 1. The maximum atomic E-state index is 12.7. The van der Waals surface area contributed by atoms with Crippen LogP contribution >= 0.6 is 11.3 Å². The molecule has 23 heavy (non-hydrogen) atoms. The highest BCUT2D eigenvalue weighted by Crippen LogP contribution is 2.29. The molecule has 3 rings (SSSR count). The molecule has 1 saturated heterocycles. The first kappa shape index (κ1) is 15.6. The van der Waals surface area contributed by atoms with Gasteiger partial charge in [0.25, 0.3) is 5.91 Å². The van der Waals surface area contributed by atoms with Gasteiger partial charge in [-0.25, -0.2) is 4.98 Å². The fourth-order valence-corrected chi connectivity index (χ4v) is 3.74. The van der Waals surface area contributed by atoms with E-state index in [1.807, 2.05) is 19.1 Å². The van der Waals surface area contributed by atoms with Crippen molar-refractivity contribution in [1.82, 2.24) is 14.9 Å². The van der Waals surface area contributed by atoms with E-state index in [0.717, 1.165) is 16.3 Å². The smallest absolute Gasteiger partial charge is 0.265 e. The molecule has 0 atom stereocenters. The zero-order valence-electron chi connectivity index (χ0n) is 12.9. The maximum absolute atomic E-state index is 12.7. The number of primary amides is 1. The third-order valence-electron chi connectivity index (χ3n) is 4.08. The lowest BCUT2D eigenvalue weighted by molar-refractivity contribution is -0.123. The van der Waals surface area contributed by atoms with Gasteiger partial charge in [0.15, 0.2) is 0 Å². The summed E-state index contributed by atoms with van der Waals surface area (Å²) in [4.78, 5) is 34.9. The second-order valence-electron chi connectivity index (χ2n) is 5.64. The molecule has 3 heterocycles. The largest absolute Gasteiger partial charge is 0.369 e. The van der Waals surface area contributed by atoms with Crippen LogP contribution in [0.15, 0.2) is 24.5 Å². The molecule has 0 saturated carbocycles. The number of amides is 2. The van der Waals surface area contributed by atoms with E-state index in [1.165, 1.54) is 11.3 Å². The summed E-state index contributed by atoms with van der Waals surface area (Å²) < 4.78 is 0. The van der Waals surface area contributed by atoms with Crippen LogP contribution in [0.5, 0.6) is 0 Å². The van der Waals surface area contributed by atoms with Gasteiger partial charge in [-0.05, 0) is 31.9 Å². The molecule has 0 aromatic carbocycles. The molecule has 7 heteroatoms. The Labute approximate surface area is 138 Å². The molecule has 2 aromatic heterocycles. The summed E-state index contributed by atoms with van der Waals surface area (Å²) in [6, 6.07) is 3.78. The molecule has 0 radical (unpaired) electrons. The predicted octanol–water partition coefficient (Wildman–Crippen LogP) is 1.85. The lowest BCUT2D eigenvalue weighted by Gasteiger charge is -2.30. The monoisotopic (exact) mass is 330 g/mol. The number of likely N-dealkylation sites (tertiary alicyclic amines) is 1. The lowest BCUT2D eigenvalue weighted by Crippen LogP contribution is -2.41. The van der Waals surface area contributed by atoms with E-state index in [2.05, 4.69) is 9.97 Å². The predicted molar refractivity (Wildman–Crippen MR) is 87.9 cm³/mol. The number of aromatic nitrogens is 2. The Bertz CT molecular complexity index is 721. The Morgan fingerprint density at radius 2 is 2.09 bits per heavy atom. The van der Waals surface area contributed by atoms with Gasteiger partial charge in [0.1, 0.15) is 9.88 Å². The molecule has 1 aliphatic rings. The molecule has 0 bridgehead atoms. The van der Waals surface area contributed by atoms with E-state index >= 15 is 0 Å². The van der Waals surface area contributed by atoms with Crippen molar-refractivity contribution in [3.05, 3.63) is 35.1 Å². The van der Waals surface area contributed by atoms with Crippen molar-refractivity contribution in [1.29, 1.82) is 0 Å². The summed E-state index contributed by atoms with van der Waals surface area (Å²) in [6.07, 6.45) is 4.71. The highest BCUT2D eigenvalue weighted by atomic mass is 32.1. The molecule has 2 aromatic rings. The first-order valence-corrected chi connectivity index (χ1v) is 8.34. The van der Waals surface area contributed by atoms with E-state index in [0.29, 0.717) is 30.8 Å². The molecular formula is C16H18N4O2S. The first-order chi connectivity index (χ1) is 11.1. The zero-order chi connectivity index (χ0) is 16.4. The Morgan fingerprint density at radius 1 is 1.35 bits per heavy atom. The number of nitrogens with zero attached hydrogens (tertiary/aromatic N) is 3. The van der Waals surface area contributed by atoms with Crippen LogP contribution in [0, 0.1) is 12.8 Å². The number of carbonyl (C=O) groups excluding carboxylic acids is 2. The molecule has 1 fully saturated rings. The summed E-state index contributed by atoms with van der Waals surface area (Å²) in [5, 5.41) is 0.797. The average Bonchev–Trinajstić information content (AvgIpc) is 2.97. The summed E-state index contributed by atoms with van der Waals surface area (Å²) in [5.41, 5.74) is 6.98. The Kier molecular flexibility index (Phi) is 4.38. The van der Waals surface area contributed by atoms with Crippen molar-refractivity contribution >= 4 is 23.2 Å². The second-order valence-corrected chi connectivity index (χ2v) is 6.64. The number of nitrogens with two attached hydrogens (primary N) is 1. The first-order valence-electron chi connectivity index (χ1n) is 7.52. The van der Waals surface area contributed by atoms with Crippen molar-refractivity contribution in [2.75, 3.05) is 13.1 Å². The van der Waals surface area contributed by atoms with Crippen molar-refractivity contribution in [2.24, 2.45) is 11.7 Å². The quantitative estimate of drug-likeness (QED) is 0.930. The minimum absolute atomic E-state index is 0.0157. The third kappa shape index (κ3) is 3.24. The molecule has 0 aliphatic carbocycles. The van der Waals surface area contributed by atoms with Crippen LogP contribution in [0.1, 0.15) is 28.2 Å². The fourth-order valence-electron chi connectivity index (χ4n) is 2.72.